The molecule has 15 heavy (non-hydrogen) atoms. The van der Waals surface area contributed by atoms with Crippen LogP contribution >= 0.6 is 11.6 Å². The van der Waals surface area contributed by atoms with E-state index >= 15 is 0 Å². The van der Waals surface area contributed by atoms with Crippen LogP contribution in [0.25, 0.3) is 0 Å². The lowest BCUT2D eigenvalue weighted by Crippen LogP contribution is -2.04. The second-order valence-electron chi connectivity index (χ2n) is 2.96. The molecule has 1 heterocycles. The Labute approximate surface area is 89.2 Å². The molecule has 1 aliphatic rings. The van der Waals surface area contributed by atoms with Gasteiger partial charge in [-0.1, -0.05) is 11.6 Å². The highest BCUT2D eigenvalue weighted by Crippen LogP contribution is 2.40. The fraction of sp³-hybridized carbons (Fsp3) is 0.222. The van der Waals surface area contributed by atoms with Gasteiger partial charge < -0.3 is 14.6 Å². The van der Waals surface area contributed by atoms with Crippen molar-refractivity contribution in [1.82, 2.24) is 0 Å². The molecule has 1 N–H and O–H groups in total. The number of ether oxygens (including phenoxy) is 2. The van der Waals surface area contributed by atoms with Gasteiger partial charge in [-0.2, -0.15) is 0 Å². The Morgan fingerprint density at radius 3 is 3.00 bits per heavy atom. The molecule has 0 aliphatic carbocycles. The number of carboxylic acid groups (broad SMARTS) is 1. The van der Waals surface area contributed by atoms with Crippen molar-refractivity contribution in [3.8, 4) is 11.5 Å². The Bertz CT molecular complexity index is 433. The summed E-state index contributed by atoms with van der Waals surface area (Å²) in [5, 5.41) is 8.44. The highest BCUT2D eigenvalue weighted by molar-refractivity contribution is 6.31. The predicted molar refractivity (Wildman–Crippen MR) is 48.9 cm³/mol. The van der Waals surface area contributed by atoms with E-state index in [0.29, 0.717) is 0 Å². The zero-order valence-corrected chi connectivity index (χ0v) is 8.18. The van der Waals surface area contributed by atoms with Gasteiger partial charge in [0, 0.05) is 11.6 Å². The lowest BCUT2D eigenvalue weighted by atomic mass is 10.1. The summed E-state index contributed by atoms with van der Waals surface area (Å²) in [7, 11) is 0. The second kappa shape index (κ2) is 3.58. The summed E-state index contributed by atoms with van der Waals surface area (Å²) in [5.41, 5.74) is -0.0810. The molecule has 2 rings (SSSR count). The summed E-state index contributed by atoms with van der Waals surface area (Å²) < 4.78 is 23.5. The minimum absolute atomic E-state index is 0.0538. The van der Waals surface area contributed by atoms with Crippen molar-refractivity contribution in [3.63, 3.8) is 0 Å². The summed E-state index contributed by atoms with van der Waals surface area (Å²) in [4.78, 5) is 10.5. The van der Waals surface area contributed by atoms with Gasteiger partial charge in [0.25, 0.3) is 0 Å². The molecule has 0 spiro atoms. The molecule has 1 aromatic rings. The van der Waals surface area contributed by atoms with Crippen LogP contribution in [0, 0.1) is 5.82 Å². The van der Waals surface area contributed by atoms with Crippen molar-refractivity contribution in [2.75, 3.05) is 6.79 Å². The van der Waals surface area contributed by atoms with E-state index in [1.165, 1.54) is 6.07 Å². The van der Waals surface area contributed by atoms with Gasteiger partial charge in [0.05, 0.1) is 11.4 Å². The standard InChI is InChI=1S/C9H6ClFO4/c10-5-2-6-9(15-3-14-6)4(8(5)11)1-7(12)13/h2H,1,3H2,(H,12,13). The lowest BCUT2D eigenvalue weighted by Gasteiger charge is -2.06. The minimum Gasteiger partial charge on any atom is -0.481 e. The fourth-order valence-electron chi connectivity index (χ4n) is 1.36. The molecular formula is C9H6ClFO4. The van der Waals surface area contributed by atoms with Gasteiger partial charge in [0.15, 0.2) is 11.5 Å². The van der Waals surface area contributed by atoms with Gasteiger partial charge in [0.1, 0.15) is 5.82 Å². The molecule has 0 aromatic heterocycles. The maximum absolute atomic E-state index is 13.5. The highest BCUT2D eigenvalue weighted by atomic mass is 35.5. The Hall–Kier alpha value is -1.49. The molecule has 0 bridgehead atoms. The first kappa shape index (κ1) is 10.0. The van der Waals surface area contributed by atoms with E-state index < -0.39 is 18.2 Å². The Balaban J connectivity index is 2.55. The number of carbonyl (C=O) groups is 1. The van der Waals surface area contributed by atoms with Crippen molar-refractivity contribution in [3.05, 3.63) is 22.5 Å². The van der Waals surface area contributed by atoms with Crippen molar-refractivity contribution < 1.29 is 23.8 Å². The van der Waals surface area contributed by atoms with Crippen LogP contribution in [-0.4, -0.2) is 17.9 Å². The van der Waals surface area contributed by atoms with E-state index in [1.54, 1.807) is 0 Å². The zero-order chi connectivity index (χ0) is 11.0. The van der Waals surface area contributed by atoms with Crippen LogP contribution in [0.2, 0.25) is 5.02 Å². The number of aliphatic carboxylic acids is 1. The monoisotopic (exact) mass is 232 g/mol. The molecule has 0 fully saturated rings. The van der Waals surface area contributed by atoms with Gasteiger partial charge in [-0.3, -0.25) is 4.79 Å². The van der Waals surface area contributed by atoms with E-state index in [1.807, 2.05) is 0 Å². The first-order chi connectivity index (χ1) is 7.09. The van der Waals surface area contributed by atoms with E-state index in [4.69, 9.17) is 26.2 Å². The van der Waals surface area contributed by atoms with Gasteiger partial charge in [-0.15, -0.1) is 0 Å². The topological polar surface area (TPSA) is 55.8 Å². The summed E-state index contributed by atoms with van der Waals surface area (Å²) >= 11 is 5.58. The molecular weight excluding hydrogens is 227 g/mol. The van der Waals surface area contributed by atoms with E-state index in [-0.39, 0.29) is 28.9 Å². The van der Waals surface area contributed by atoms with E-state index in [9.17, 15) is 9.18 Å². The van der Waals surface area contributed by atoms with Crippen molar-refractivity contribution in [2.45, 2.75) is 6.42 Å². The van der Waals surface area contributed by atoms with Crippen LogP contribution in [0.15, 0.2) is 6.07 Å². The summed E-state index contributed by atoms with van der Waals surface area (Å²) in [5.74, 6) is -1.53. The fourth-order valence-corrected chi connectivity index (χ4v) is 1.58. The molecule has 80 valence electrons. The zero-order valence-electron chi connectivity index (χ0n) is 7.42. The smallest absolute Gasteiger partial charge is 0.308 e. The summed E-state index contributed by atoms with van der Waals surface area (Å²) in [6.45, 7) is -0.0538. The molecule has 0 unspecified atom stereocenters. The maximum Gasteiger partial charge on any atom is 0.308 e. The number of hydrogen-bond acceptors (Lipinski definition) is 3. The largest absolute Gasteiger partial charge is 0.481 e. The second-order valence-corrected chi connectivity index (χ2v) is 3.36. The Kier molecular flexibility index (Phi) is 2.40. The van der Waals surface area contributed by atoms with Gasteiger partial charge in [0.2, 0.25) is 6.79 Å². The van der Waals surface area contributed by atoms with Crippen molar-refractivity contribution in [1.29, 1.82) is 0 Å². The number of rotatable bonds is 2. The number of fused-ring (bicyclic) bond motifs is 1. The highest BCUT2D eigenvalue weighted by Gasteiger charge is 2.25. The number of carboxylic acids is 1. The Morgan fingerprint density at radius 2 is 2.33 bits per heavy atom. The van der Waals surface area contributed by atoms with Crippen LogP contribution in [0.3, 0.4) is 0 Å². The quantitative estimate of drug-likeness (QED) is 0.845. The number of hydrogen-bond donors (Lipinski definition) is 1. The molecule has 0 saturated carbocycles. The van der Waals surface area contributed by atoms with E-state index in [2.05, 4.69) is 0 Å². The van der Waals surface area contributed by atoms with Crippen LogP contribution in [-0.2, 0) is 11.2 Å². The Morgan fingerprint density at radius 1 is 1.60 bits per heavy atom. The van der Waals surface area contributed by atoms with E-state index in [0.717, 1.165) is 0 Å². The lowest BCUT2D eigenvalue weighted by molar-refractivity contribution is -0.136. The van der Waals surface area contributed by atoms with Crippen LogP contribution in [0.4, 0.5) is 4.39 Å². The maximum atomic E-state index is 13.5. The van der Waals surface area contributed by atoms with Gasteiger partial charge in [-0.05, 0) is 0 Å². The van der Waals surface area contributed by atoms with Crippen molar-refractivity contribution >= 4 is 17.6 Å². The molecule has 0 saturated heterocycles. The molecule has 0 radical (unpaired) electrons. The molecule has 6 heteroatoms. The molecule has 4 nitrogen and oxygen atoms in total. The number of halogens is 2. The van der Waals surface area contributed by atoms with Crippen LogP contribution in [0.5, 0.6) is 11.5 Å². The summed E-state index contributed by atoms with van der Waals surface area (Å²) in [6.07, 6.45) is -0.488. The first-order valence-corrected chi connectivity index (χ1v) is 4.45. The molecule has 0 atom stereocenters. The third kappa shape index (κ3) is 1.70. The first-order valence-electron chi connectivity index (χ1n) is 4.08. The normalized spacial score (nSPS) is 12.9. The predicted octanol–water partition coefficient (Wildman–Crippen LogP) is 1.83. The molecule has 1 aromatic carbocycles. The minimum atomic E-state index is -1.16. The molecule has 1 aliphatic heterocycles. The van der Waals surface area contributed by atoms with Gasteiger partial charge in [-0.25, -0.2) is 4.39 Å². The molecule has 0 amide bonds. The average molecular weight is 233 g/mol. The number of benzene rings is 1. The van der Waals surface area contributed by atoms with Crippen LogP contribution in [0.1, 0.15) is 5.56 Å². The summed E-state index contributed by atoms with van der Waals surface area (Å²) in [6, 6.07) is 1.27. The third-order valence-corrected chi connectivity index (χ3v) is 2.25. The average Bonchev–Trinajstić information content (AvgIpc) is 2.59. The van der Waals surface area contributed by atoms with Crippen LogP contribution < -0.4 is 9.47 Å². The SMILES string of the molecule is O=C(O)Cc1c(F)c(Cl)cc2c1OCO2. The van der Waals surface area contributed by atoms with Gasteiger partial charge >= 0.3 is 5.97 Å². The van der Waals surface area contributed by atoms with Crippen molar-refractivity contribution in [2.24, 2.45) is 0 Å². The third-order valence-electron chi connectivity index (χ3n) is 1.98.